The van der Waals surface area contributed by atoms with Crippen LogP contribution in [-0.2, 0) is 10.0 Å². The van der Waals surface area contributed by atoms with Crippen LogP contribution in [0.5, 0.6) is 0 Å². The predicted octanol–water partition coefficient (Wildman–Crippen LogP) is 3.44. The van der Waals surface area contributed by atoms with Crippen LogP contribution in [0.1, 0.15) is 18.5 Å². The third-order valence-electron chi connectivity index (χ3n) is 3.49. The molecule has 0 fully saturated rings. The first kappa shape index (κ1) is 18.4. The standard InChI is InChI=1S/C15H16BrN3O4S/c1-10(12-5-3-4-6-13(12)16)18-14-8-7-11(24(22,23)17-2)9-15(14)19(20)21/h3-10,17-18H,1-2H3. The van der Waals surface area contributed by atoms with Crippen LogP contribution < -0.4 is 10.0 Å². The molecule has 0 aliphatic carbocycles. The zero-order chi connectivity index (χ0) is 17.9. The van der Waals surface area contributed by atoms with Crippen molar-refractivity contribution in [3.63, 3.8) is 0 Å². The second-order valence-electron chi connectivity index (χ2n) is 5.03. The van der Waals surface area contributed by atoms with E-state index in [4.69, 9.17) is 0 Å². The number of nitro groups is 1. The van der Waals surface area contributed by atoms with Gasteiger partial charge in [0.2, 0.25) is 10.0 Å². The SMILES string of the molecule is CNS(=O)(=O)c1ccc(NC(C)c2ccccc2Br)c([N+](=O)[O-])c1. The van der Waals surface area contributed by atoms with Crippen LogP contribution in [0, 0.1) is 10.1 Å². The molecule has 0 spiro atoms. The summed E-state index contributed by atoms with van der Waals surface area (Å²) in [4.78, 5) is 10.6. The van der Waals surface area contributed by atoms with Gasteiger partial charge in [0.25, 0.3) is 5.69 Å². The Morgan fingerprint density at radius 2 is 1.88 bits per heavy atom. The van der Waals surface area contributed by atoms with Crippen molar-refractivity contribution >= 4 is 37.3 Å². The van der Waals surface area contributed by atoms with Gasteiger partial charge in [-0.3, -0.25) is 10.1 Å². The van der Waals surface area contributed by atoms with Crippen LogP contribution in [0.25, 0.3) is 0 Å². The van der Waals surface area contributed by atoms with Gasteiger partial charge in [-0.15, -0.1) is 0 Å². The summed E-state index contributed by atoms with van der Waals surface area (Å²) in [6.07, 6.45) is 0. The molecule has 0 radical (unpaired) electrons. The van der Waals surface area contributed by atoms with Crippen molar-refractivity contribution in [3.8, 4) is 0 Å². The highest BCUT2D eigenvalue weighted by molar-refractivity contribution is 9.10. The van der Waals surface area contributed by atoms with E-state index in [0.29, 0.717) is 0 Å². The lowest BCUT2D eigenvalue weighted by molar-refractivity contribution is -0.384. The number of nitro benzene ring substituents is 1. The van der Waals surface area contributed by atoms with E-state index in [1.54, 1.807) is 0 Å². The Morgan fingerprint density at radius 3 is 2.46 bits per heavy atom. The molecule has 1 unspecified atom stereocenters. The summed E-state index contributed by atoms with van der Waals surface area (Å²) in [5, 5.41) is 14.4. The van der Waals surface area contributed by atoms with Gasteiger partial charge in [-0.2, -0.15) is 0 Å². The van der Waals surface area contributed by atoms with Crippen molar-refractivity contribution in [3.05, 3.63) is 62.6 Å². The van der Waals surface area contributed by atoms with E-state index in [0.717, 1.165) is 16.1 Å². The van der Waals surface area contributed by atoms with Gasteiger partial charge in [0.05, 0.1) is 9.82 Å². The Labute approximate surface area is 148 Å². The first-order valence-corrected chi connectivity index (χ1v) is 9.27. The topological polar surface area (TPSA) is 101 Å². The zero-order valence-corrected chi connectivity index (χ0v) is 15.4. The van der Waals surface area contributed by atoms with Gasteiger partial charge in [0, 0.05) is 16.6 Å². The average Bonchev–Trinajstić information content (AvgIpc) is 2.55. The molecule has 0 saturated carbocycles. The van der Waals surface area contributed by atoms with Gasteiger partial charge in [-0.1, -0.05) is 34.1 Å². The largest absolute Gasteiger partial charge is 0.373 e. The predicted molar refractivity (Wildman–Crippen MR) is 95.5 cm³/mol. The van der Waals surface area contributed by atoms with Crippen molar-refractivity contribution in [2.45, 2.75) is 17.9 Å². The average molecular weight is 414 g/mol. The van der Waals surface area contributed by atoms with Crippen LogP contribution in [-0.4, -0.2) is 20.4 Å². The van der Waals surface area contributed by atoms with Crippen LogP contribution >= 0.6 is 15.9 Å². The van der Waals surface area contributed by atoms with Crippen LogP contribution in [0.15, 0.2) is 51.8 Å². The van der Waals surface area contributed by atoms with E-state index in [9.17, 15) is 18.5 Å². The van der Waals surface area contributed by atoms with Gasteiger partial charge in [-0.25, -0.2) is 13.1 Å². The summed E-state index contributed by atoms with van der Waals surface area (Å²) in [6.45, 7) is 1.86. The summed E-state index contributed by atoms with van der Waals surface area (Å²) >= 11 is 3.44. The number of rotatable bonds is 6. The van der Waals surface area contributed by atoms with Crippen molar-refractivity contribution in [2.24, 2.45) is 0 Å². The van der Waals surface area contributed by atoms with Gasteiger partial charge in [-0.05, 0) is 37.7 Å². The van der Waals surface area contributed by atoms with Crippen molar-refractivity contribution in [1.82, 2.24) is 4.72 Å². The molecule has 2 aromatic rings. The Bertz CT molecular complexity index is 871. The highest BCUT2D eigenvalue weighted by atomic mass is 79.9. The van der Waals surface area contributed by atoms with E-state index in [1.807, 2.05) is 31.2 Å². The second kappa shape index (κ2) is 7.29. The number of anilines is 1. The molecule has 0 aliphatic heterocycles. The summed E-state index contributed by atoms with van der Waals surface area (Å²) < 4.78 is 26.6. The lowest BCUT2D eigenvalue weighted by Gasteiger charge is -2.17. The summed E-state index contributed by atoms with van der Waals surface area (Å²) in [7, 11) is -2.50. The molecular weight excluding hydrogens is 398 g/mol. The number of nitrogens with one attached hydrogen (secondary N) is 2. The maximum Gasteiger partial charge on any atom is 0.293 e. The highest BCUT2D eigenvalue weighted by Gasteiger charge is 2.22. The molecule has 128 valence electrons. The molecule has 1 atom stereocenters. The van der Waals surface area contributed by atoms with E-state index in [1.165, 1.54) is 19.2 Å². The first-order valence-electron chi connectivity index (χ1n) is 6.99. The molecule has 0 aliphatic rings. The Kier molecular flexibility index (Phi) is 5.58. The first-order chi connectivity index (χ1) is 11.3. The molecule has 24 heavy (non-hydrogen) atoms. The van der Waals surface area contributed by atoms with Gasteiger partial charge in [0.15, 0.2) is 0 Å². The van der Waals surface area contributed by atoms with E-state index < -0.39 is 14.9 Å². The minimum absolute atomic E-state index is 0.157. The summed E-state index contributed by atoms with van der Waals surface area (Å²) in [6, 6.07) is 11.1. The summed E-state index contributed by atoms with van der Waals surface area (Å²) in [5.41, 5.74) is 0.877. The van der Waals surface area contributed by atoms with Crippen molar-refractivity contribution < 1.29 is 13.3 Å². The normalized spacial score (nSPS) is 12.6. The Balaban J connectivity index is 2.40. The molecule has 0 aromatic heterocycles. The van der Waals surface area contributed by atoms with Crippen LogP contribution in [0.4, 0.5) is 11.4 Å². The molecule has 0 bridgehead atoms. The summed E-state index contributed by atoms with van der Waals surface area (Å²) in [5.74, 6) is 0. The smallest absolute Gasteiger partial charge is 0.293 e. The quantitative estimate of drug-likeness (QED) is 0.557. The monoisotopic (exact) mass is 413 g/mol. The molecule has 2 N–H and O–H groups in total. The molecule has 2 rings (SSSR count). The number of nitrogens with zero attached hydrogens (tertiary/aromatic N) is 1. The number of benzene rings is 2. The molecule has 9 heteroatoms. The van der Waals surface area contributed by atoms with E-state index in [2.05, 4.69) is 26.0 Å². The molecular formula is C15H16BrN3O4S. The lowest BCUT2D eigenvalue weighted by Crippen LogP contribution is -2.19. The van der Waals surface area contributed by atoms with E-state index in [-0.39, 0.29) is 22.3 Å². The Morgan fingerprint density at radius 1 is 1.21 bits per heavy atom. The van der Waals surface area contributed by atoms with Crippen molar-refractivity contribution in [2.75, 3.05) is 12.4 Å². The number of sulfonamides is 1. The number of hydrogen-bond acceptors (Lipinski definition) is 5. The zero-order valence-electron chi connectivity index (χ0n) is 13.0. The maximum absolute atomic E-state index is 11.8. The fourth-order valence-corrected chi connectivity index (χ4v) is 3.58. The van der Waals surface area contributed by atoms with Gasteiger partial charge >= 0.3 is 0 Å². The van der Waals surface area contributed by atoms with Gasteiger partial charge in [0.1, 0.15) is 5.69 Å². The third-order valence-corrected chi connectivity index (χ3v) is 5.62. The minimum Gasteiger partial charge on any atom is -0.373 e. The number of hydrogen-bond donors (Lipinski definition) is 2. The second-order valence-corrected chi connectivity index (χ2v) is 7.77. The molecule has 2 aromatic carbocycles. The maximum atomic E-state index is 11.8. The lowest BCUT2D eigenvalue weighted by atomic mass is 10.1. The van der Waals surface area contributed by atoms with Crippen LogP contribution in [0.2, 0.25) is 0 Å². The molecule has 0 heterocycles. The number of halogens is 1. The third kappa shape index (κ3) is 3.92. The van der Waals surface area contributed by atoms with Crippen LogP contribution in [0.3, 0.4) is 0 Å². The molecule has 0 saturated heterocycles. The van der Waals surface area contributed by atoms with Gasteiger partial charge < -0.3 is 5.32 Å². The fourth-order valence-electron chi connectivity index (χ4n) is 2.21. The van der Waals surface area contributed by atoms with E-state index >= 15 is 0 Å². The molecule has 0 amide bonds. The van der Waals surface area contributed by atoms with Crippen molar-refractivity contribution in [1.29, 1.82) is 0 Å². The fraction of sp³-hybridized carbons (Fsp3) is 0.200. The highest BCUT2D eigenvalue weighted by Crippen LogP contribution is 2.32. The Hall–Kier alpha value is -1.97. The minimum atomic E-state index is -3.75. The molecule has 7 nitrogen and oxygen atoms in total.